The zero-order chi connectivity index (χ0) is 24.6. The number of alkyl halides is 3. The van der Waals surface area contributed by atoms with Crippen molar-refractivity contribution in [3.05, 3.63) is 87.3 Å². The van der Waals surface area contributed by atoms with Gasteiger partial charge in [0.15, 0.2) is 11.5 Å². The second-order valence-electron chi connectivity index (χ2n) is 7.21. The Balaban J connectivity index is 1.71. The fraction of sp³-hybridized carbons (Fsp3) is 0.143. The first-order valence-corrected chi connectivity index (χ1v) is 9.69. The standard InChI is InChI=1S/C21H15F4N7O2/c1-11-8-18(33)19(28-31(11)14-5-3-4-13(9-14)21(23,24)25)20(34)26-17-10-15(6-7-16(17)22)32-12(2)27-29-30-32/h3-10H,1-2H3,(H,26,34). The van der Waals surface area contributed by atoms with Crippen LogP contribution in [0.1, 0.15) is 27.6 Å². The van der Waals surface area contributed by atoms with Crippen molar-refractivity contribution in [3.63, 3.8) is 0 Å². The van der Waals surface area contributed by atoms with Gasteiger partial charge < -0.3 is 5.32 Å². The van der Waals surface area contributed by atoms with Crippen molar-refractivity contribution in [2.24, 2.45) is 0 Å². The van der Waals surface area contributed by atoms with Crippen molar-refractivity contribution in [1.82, 2.24) is 30.0 Å². The lowest BCUT2D eigenvalue weighted by atomic mass is 10.2. The van der Waals surface area contributed by atoms with Crippen molar-refractivity contribution < 1.29 is 22.4 Å². The van der Waals surface area contributed by atoms with Gasteiger partial charge in [-0.05, 0) is 60.7 Å². The van der Waals surface area contributed by atoms with Crippen molar-refractivity contribution in [1.29, 1.82) is 0 Å². The number of carbonyl (C=O) groups is 1. The van der Waals surface area contributed by atoms with E-state index >= 15 is 0 Å². The second-order valence-corrected chi connectivity index (χ2v) is 7.21. The summed E-state index contributed by atoms with van der Waals surface area (Å²) in [5.74, 6) is -1.43. The highest BCUT2D eigenvalue weighted by atomic mass is 19.4. The number of halogens is 4. The number of hydrogen-bond acceptors (Lipinski definition) is 6. The number of tetrazole rings is 1. The van der Waals surface area contributed by atoms with Crippen molar-refractivity contribution in [2.45, 2.75) is 20.0 Å². The van der Waals surface area contributed by atoms with E-state index in [1.807, 2.05) is 0 Å². The zero-order valence-corrected chi connectivity index (χ0v) is 17.6. The summed E-state index contributed by atoms with van der Waals surface area (Å²) in [6, 6.07) is 9.03. The first-order chi connectivity index (χ1) is 16.0. The summed E-state index contributed by atoms with van der Waals surface area (Å²) < 4.78 is 56.0. The molecule has 4 aromatic rings. The molecule has 9 nitrogen and oxygen atoms in total. The maximum absolute atomic E-state index is 14.4. The van der Waals surface area contributed by atoms with Gasteiger partial charge in [-0.1, -0.05) is 6.07 Å². The number of hydrogen-bond donors (Lipinski definition) is 1. The lowest BCUT2D eigenvalue weighted by Crippen LogP contribution is -2.27. The number of rotatable bonds is 4. The number of benzene rings is 2. The predicted molar refractivity (Wildman–Crippen MR) is 111 cm³/mol. The number of anilines is 1. The quantitative estimate of drug-likeness (QED) is 0.456. The minimum absolute atomic E-state index is 0.0105. The Bertz CT molecular complexity index is 1460. The van der Waals surface area contributed by atoms with E-state index in [4.69, 9.17) is 0 Å². The van der Waals surface area contributed by atoms with Crippen LogP contribution in [0, 0.1) is 19.7 Å². The minimum atomic E-state index is -4.59. The molecule has 0 saturated carbocycles. The highest BCUT2D eigenvalue weighted by Gasteiger charge is 2.30. The van der Waals surface area contributed by atoms with Crippen LogP contribution in [0.5, 0.6) is 0 Å². The number of aryl methyl sites for hydroxylation is 2. The molecular weight excluding hydrogens is 458 g/mol. The van der Waals surface area contributed by atoms with E-state index in [1.165, 1.54) is 35.9 Å². The molecule has 1 amide bonds. The van der Waals surface area contributed by atoms with Crippen LogP contribution < -0.4 is 10.7 Å². The largest absolute Gasteiger partial charge is 0.416 e. The molecule has 174 valence electrons. The Morgan fingerprint density at radius 3 is 2.41 bits per heavy atom. The summed E-state index contributed by atoms with van der Waals surface area (Å²) in [4.78, 5) is 25.2. The second kappa shape index (κ2) is 8.50. The molecule has 0 aliphatic heterocycles. The molecule has 2 heterocycles. The molecule has 0 spiro atoms. The Morgan fingerprint density at radius 2 is 1.74 bits per heavy atom. The van der Waals surface area contributed by atoms with Crippen LogP contribution >= 0.6 is 0 Å². The average Bonchev–Trinajstić information content (AvgIpc) is 3.20. The van der Waals surface area contributed by atoms with Crippen LogP contribution in [0.4, 0.5) is 23.2 Å². The minimum Gasteiger partial charge on any atom is -0.318 e. The van der Waals surface area contributed by atoms with Gasteiger partial charge in [0.05, 0.1) is 22.6 Å². The monoisotopic (exact) mass is 473 g/mol. The van der Waals surface area contributed by atoms with Gasteiger partial charge in [0, 0.05) is 11.8 Å². The highest BCUT2D eigenvalue weighted by molar-refractivity contribution is 6.02. The van der Waals surface area contributed by atoms with E-state index in [0.29, 0.717) is 11.5 Å². The molecule has 0 fully saturated rings. The molecule has 4 rings (SSSR count). The van der Waals surface area contributed by atoms with Gasteiger partial charge in [-0.2, -0.15) is 23.0 Å². The molecule has 0 radical (unpaired) electrons. The molecule has 2 aromatic heterocycles. The molecule has 0 atom stereocenters. The zero-order valence-electron chi connectivity index (χ0n) is 17.6. The Hall–Kier alpha value is -4.42. The summed E-state index contributed by atoms with van der Waals surface area (Å²) in [5.41, 5.74) is -2.08. The normalized spacial score (nSPS) is 11.5. The predicted octanol–water partition coefficient (Wildman–Crippen LogP) is 3.24. The SMILES string of the molecule is Cc1cc(=O)c(C(=O)Nc2cc(-n3nnnc3C)ccc2F)nn1-c1cccc(C(F)(F)F)c1. The van der Waals surface area contributed by atoms with E-state index in [0.717, 1.165) is 28.9 Å². The fourth-order valence-corrected chi connectivity index (χ4v) is 3.17. The smallest absolute Gasteiger partial charge is 0.318 e. The third kappa shape index (κ3) is 4.40. The van der Waals surface area contributed by atoms with Crippen LogP contribution in [0.25, 0.3) is 11.4 Å². The Labute approximate surface area is 188 Å². The van der Waals surface area contributed by atoms with E-state index in [2.05, 4.69) is 25.9 Å². The van der Waals surface area contributed by atoms with Crippen LogP contribution in [-0.2, 0) is 6.18 Å². The third-order valence-electron chi connectivity index (χ3n) is 4.81. The summed E-state index contributed by atoms with van der Waals surface area (Å²) in [7, 11) is 0. The van der Waals surface area contributed by atoms with Crippen LogP contribution in [-0.4, -0.2) is 35.9 Å². The van der Waals surface area contributed by atoms with Crippen molar-refractivity contribution in [2.75, 3.05) is 5.32 Å². The molecule has 13 heteroatoms. The lowest BCUT2D eigenvalue weighted by molar-refractivity contribution is -0.137. The molecule has 1 N–H and O–H groups in total. The Morgan fingerprint density at radius 1 is 1.00 bits per heavy atom. The van der Waals surface area contributed by atoms with Gasteiger partial charge in [0.2, 0.25) is 5.43 Å². The topological polar surface area (TPSA) is 108 Å². The van der Waals surface area contributed by atoms with Gasteiger partial charge in [-0.15, -0.1) is 5.10 Å². The molecule has 0 aliphatic rings. The highest BCUT2D eigenvalue weighted by Crippen LogP contribution is 2.30. The number of nitrogens with one attached hydrogen (secondary N) is 1. The maximum Gasteiger partial charge on any atom is 0.416 e. The third-order valence-corrected chi connectivity index (χ3v) is 4.81. The van der Waals surface area contributed by atoms with Crippen molar-refractivity contribution >= 4 is 11.6 Å². The number of carbonyl (C=O) groups excluding carboxylic acids is 1. The fourth-order valence-electron chi connectivity index (χ4n) is 3.17. The summed E-state index contributed by atoms with van der Waals surface area (Å²) in [6.07, 6.45) is -4.59. The van der Waals surface area contributed by atoms with E-state index in [1.54, 1.807) is 6.92 Å². The summed E-state index contributed by atoms with van der Waals surface area (Å²) in [5, 5.41) is 17.2. The number of nitrogens with zero attached hydrogens (tertiary/aromatic N) is 6. The summed E-state index contributed by atoms with van der Waals surface area (Å²) in [6.45, 7) is 3.07. The molecule has 0 unspecified atom stereocenters. The van der Waals surface area contributed by atoms with Gasteiger partial charge in [-0.3, -0.25) is 9.59 Å². The molecular formula is C21H15F4N7O2. The van der Waals surface area contributed by atoms with Crippen LogP contribution in [0.2, 0.25) is 0 Å². The molecule has 0 saturated heterocycles. The average molecular weight is 473 g/mol. The molecule has 0 bridgehead atoms. The first-order valence-electron chi connectivity index (χ1n) is 9.69. The van der Waals surface area contributed by atoms with Gasteiger partial charge in [0.25, 0.3) is 5.91 Å². The number of aromatic nitrogens is 6. The maximum atomic E-state index is 14.4. The van der Waals surface area contributed by atoms with Crippen LogP contribution in [0.3, 0.4) is 0 Å². The molecule has 2 aromatic carbocycles. The first kappa shape index (κ1) is 22.8. The summed E-state index contributed by atoms with van der Waals surface area (Å²) >= 11 is 0. The van der Waals surface area contributed by atoms with Gasteiger partial charge in [0.1, 0.15) is 5.82 Å². The van der Waals surface area contributed by atoms with E-state index < -0.39 is 34.6 Å². The van der Waals surface area contributed by atoms with Gasteiger partial charge in [-0.25, -0.2) is 9.07 Å². The molecule has 34 heavy (non-hydrogen) atoms. The van der Waals surface area contributed by atoms with Crippen molar-refractivity contribution in [3.8, 4) is 11.4 Å². The van der Waals surface area contributed by atoms with E-state index in [-0.39, 0.29) is 17.1 Å². The number of amides is 1. The molecule has 0 aliphatic carbocycles. The lowest BCUT2D eigenvalue weighted by Gasteiger charge is -2.14. The van der Waals surface area contributed by atoms with E-state index in [9.17, 15) is 27.2 Å². The Kier molecular flexibility index (Phi) is 5.69. The van der Waals surface area contributed by atoms with Crippen LogP contribution in [0.15, 0.2) is 53.3 Å². The van der Waals surface area contributed by atoms with Gasteiger partial charge >= 0.3 is 6.18 Å².